The van der Waals surface area contributed by atoms with Crippen molar-refractivity contribution in [2.75, 3.05) is 0 Å². The third kappa shape index (κ3) is 1.34. The van der Waals surface area contributed by atoms with Crippen LogP contribution < -0.4 is 0 Å². The molecule has 0 bridgehead atoms. The Morgan fingerprint density at radius 1 is 1.44 bits per heavy atom. The molecule has 3 heteroatoms. The van der Waals surface area contributed by atoms with Crippen LogP contribution in [0.2, 0.25) is 0 Å². The van der Waals surface area contributed by atoms with E-state index in [0.717, 1.165) is 6.08 Å². The summed E-state index contributed by atoms with van der Waals surface area (Å²) >= 11 is 0. The van der Waals surface area contributed by atoms with E-state index in [4.69, 9.17) is 0 Å². The fraction of sp³-hybridized carbons (Fsp3) is 0.333. The molecule has 1 aliphatic rings. The Balaban J connectivity index is 2.73. The van der Waals surface area contributed by atoms with Gasteiger partial charge in [0.15, 0.2) is 0 Å². The minimum atomic E-state index is -4.20. The highest BCUT2D eigenvalue weighted by molar-refractivity contribution is 5.26. The normalized spacial score (nSPS) is 18.3. The van der Waals surface area contributed by atoms with Gasteiger partial charge in [0.2, 0.25) is 0 Å². The molecule has 0 spiro atoms. The number of hydrogen-bond acceptors (Lipinski definition) is 0. The smallest absolute Gasteiger partial charge is 0.166 e. The van der Waals surface area contributed by atoms with Crippen molar-refractivity contribution < 1.29 is 13.2 Å². The third-order valence-corrected chi connectivity index (χ3v) is 1.00. The van der Waals surface area contributed by atoms with Gasteiger partial charge in [0, 0.05) is 0 Å². The molecule has 0 saturated carbocycles. The van der Waals surface area contributed by atoms with E-state index in [9.17, 15) is 13.2 Å². The van der Waals surface area contributed by atoms with Gasteiger partial charge in [-0.1, -0.05) is 12.2 Å². The highest BCUT2D eigenvalue weighted by Gasteiger charge is 2.32. The van der Waals surface area contributed by atoms with Gasteiger partial charge in [-0.2, -0.15) is 13.2 Å². The molecule has 49 valence electrons. The molecule has 0 amide bonds. The van der Waals surface area contributed by atoms with E-state index in [1.165, 1.54) is 6.08 Å². The predicted octanol–water partition coefficient (Wildman–Crippen LogP) is 2.24. The topological polar surface area (TPSA) is 0 Å². The molecule has 1 radical (unpaired) electrons. The van der Waals surface area contributed by atoms with Gasteiger partial charge in [-0.3, -0.25) is 0 Å². The summed E-state index contributed by atoms with van der Waals surface area (Å²) < 4.78 is 34.8. The lowest BCUT2D eigenvalue weighted by atomic mass is 10.3. The quantitative estimate of drug-likeness (QED) is 0.475. The molecule has 0 aromatic heterocycles. The fourth-order valence-electron chi connectivity index (χ4n) is 0.599. The summed E-state index contributed by atoms with van der Waals surface area (Å²) in [4.78, 5) is 0. The highest BCUT2D eigenvalue weighted by atomic mass is 19.4. The molecule has 0 N–H and O–H groups in total. The van der Waals surface area contributed by atoms with E-state index in [0.29, 0.717) is 0 Å². The van der Waals surface area contributed by atoms with Crippen LogP contribution in [0.5, 0.6) is 0 Å². The average Bonchev–Trinajstić information content (AvgIpc) is 2.08. The van der Waals surface area contributed by atoms with Gasteiger partial charge in [0.05, 0.1) is 5.57 Å². The molecule has 0 unspecified atom stereocenters. The molecule has 0 fully saturated rings. The Labute approximate surface area is 50.7 Å². The van der Waals surface area contributed by atoms with Crippen LogP contribution in [-0.2, 0) is 0 Å². The molecule has 0 aromatic rings. The molecular formula is C6H4F3. The number of allylic oxidation sites excluding steroid dienone is 4. The van der Waals surface area contributed by atoms with Gasteiger partial charge in [0.25, 0.3) is 0 Å². The first-order valence-electron chi connectivity index (χ1n) is 2.45. The summed E-state index contributed by atoms with van der Waals surface area (Å²) in [7, 11) is 0. The van der Waals surface area contributed by atoms with Crippen molar-refractivity contribution in [3.8, 4) is 0 Å². The van der Waals surface area contributed by atoms with Crippen molar-refractivity contribution >= 4 is 0 Å². The van der Waals surface area contributed by atoms with Crippen molar-refractivity contribution in [3.63, 3.8) is 0 Å². The van der Waals surface area contributed by atoms with Gasteiger partial charge in [-0.05, 0) is 12.5 Å². The summed E-state index contributed by atoms with van der Waals surface area (Å²) in [6.07, 6.45) is 0.737. The Bertz CT molecular complexity index is 162. The number of hydrogen-bond donors (Lipinski definition) is 0. The van der Waals surface area contributed by atoms with Gasteiger partial charge in [0.1, 0.15) is 0 Å². The molecule has 1 rings (SSSR count). The maximum absolute atomic E-state index is 11.6. The molecule has 1 aliphatic carbocycles. The summed E-state index contributed by atoms with van der Waals surface area (Å²) in [5.74, 6) is 0. The van der Waals surface area contributed by atoms with Crippen LogP contribution in [0.25, 0.3) is 0 Å². The molecule has 0 atom stereocenters. The third-order valence-electron chi connectivity index (χ3n) is 1.00. The highest BCUT2D eigenvalue weighted by Crippen LogP contribution is 2.28. The van der Waals surface area contributed by atoms with Crippen LogP contribution in [0.1, 0.15) is 6.42 Å². The van der Waals surface area contributed by atoms with Gasteiger partial charge in [-0.25, -0.2) is 0 Å². The fourth-order valence-corrected chi connectivity index (χ4v) is 0.599. The zero-order valence-corrected chi connectivity index (χ0v) is 4.50. The Hall–Kier alpha value is -0.730. The van der Waals surface area contributed by atoms with Crippen molar-refractivity contribution in [1.29, 1.82) is 0 Å². The number of rotatable bonds is 0. The molecule has 0 aliphatic heterocycles. The summed E-state index contributed by atoms with van der Waals surface area (Å²) in [6.45, 7) is 0. The molecule has 0 nitrogen and oxygen atoms in total. The summed E-state index contributed by atoms with van der Waals surface area (Å²) in [5, 5.41) is 0. The lowest BCUT2D eigenvalue weighted by Gasteiger charge is -2.02. The van der Waals surface area contributed by atoms with Crippen LogP contribution in [0.15, 0.2) is 17.7 Å². The van der Waals surface area contributed by atoms with E-state index in [1.54, 1.807) is 0 Å². The largest absolute Gasteiger partial charge is 0.416 e. The van der Waals surface area contributed by atoms with E-state index < -0.39 is 11.7 Å². The zero-order valence-electron chi connectivity index (χ0n) is 4.50. The number of halogens is 3. The van der Waals surface area contributed by atoms with Crippen LogP contribution in [0.3, 0.4) is 0 Å². The van der Waals surface area contributed by atoms with Gasteiger partial charge < -0.3 is 0 Å². The maximum atomic E-state index is 11.6. The second kappa shape index (κ2) is 1.90. The lowest BCUT2D eigenvalue weighted by Crippen LogP contribution is -2.08. The van der Waals surface area contributed by atoms with Crippen LogP contribution in [-0.4, -0.2) is 6.18 Å². The van der Waals surface area contributed by atoms with Crippen LogP contribution in [0.4, 0.5) is 13.2 Å². The van der Waals surface area contributed by atoms with Crippen molar-refractivity contribution in [2.45, 2.75) is 12.6 Å². The molecular weight excluding hydrogens is 129 g/mol. The molecule has 0 aromatic carbocycles. The monoisotopic (exact) mass is 133 g/mol. The van der Waals surface area contributed by atoms with E-state index >= 15 is 0 Å². The van der Waals surface area contributed by atoms with Crippen molar-refractivity contribution in [1.82, 2.24) is 0 Å². The van der Waals surface area contributed by atoms with Crippen LogP contribution in [0, 0.1) is 6.08 Å². The zero-order chi connectivity index (χ0) is 6.91. The molecule has 0 heterocycles. The van der Waals surface area contributed by atoms with E-state index in [1.807, 2.05) is 0 Å². The average molecular weight is 133 g/mol. The predicted molar refractivity (Wildman–Crippen MR) is 26.6 cm³/mol. The standard InChI is InChI=1S/C6H4F3/c7-6(8,9)5-3-1-2-4-5/h1,3H,2H2. The van der Waals surface area contributed by atoms with Crippen molar-refractivity contribution in [2.24, 2.45) is 0 Å². The van der Waals surface area contributed by atoms with E-state index in [-0.39, 0.29) is 6.42 Å². The minimum Gasteiger partial charge on any atom is -0.166 e. The minimum absolute atomic E-state index is 0.287. The second-order valence-electron chi connectivity index (χ2n) is 1.69. The van der Waals surface area contributed by atoms with E-state index in [2.05, 4.69) is 6.08 Å². The summed E-state index contributed by atoms with van der Waals surface area (Å²) in [6, 6.07) is 0. The Kier molecular flexibility index (Phi) is 1.35. The first-order chi connectivity index (χ1) is 4.11. The van der Waals surface area contributed by atoms with Crippen molar-refractivity contribution in [3.05, 3.63) is 23.8 Å². The maximum Gasteiger partial charge on any atom is 0.416 e. The Morgan fingerprint density at radius 3 is 2.33 bits per heavy atom. The number of alkyl halides is 3. The summed E-state index contributed by atoms with van der Waals surface area (Å²) in [5.41, 5.74) is -0.650. The Morgan fingerprint density at radius 2 is 2.11 bits per heavy atom. The van der Waals surface area contributed by atoms with Crippen LogP contribution >= 0.6 is 0 Å². The first-order valence-corrected chi connectivity index (χ1v) is 2.45. The SMILES string of the molecule is FC(F)(F)C1=[C]CC=C1. The first kappa shape index (κ1) is 6.39. The second-order valence-corrected chi connectivity index (χ2v) is 1.69. The van der Waals surface area contributed by atoms with Gasteiger partial charge in [-0.15, -0.1) is 0 Å². The molecule has 9 heavy (non-hydrogen) atoms. The molecule has 0 saturated heterocycles. The lowest BCUT2D eigenvalue weighted by molar-refractivity contribution is -0.0884. The van der Waals surface area contributed by atoms with Gasteiger partial charge >= 0.3 is 6.18 Å².